The number of amides is 2. The highest BCUT2D eigenvalue weighted by atomic mass is 35.5. The van der Waals surface area contributed by atoms with E-state index in [-0.39, 0.29) is 12.5 Å². The van der Waals surface area contributed by atoms with Gasteiger partial charge in [-0.25, -0.2) is 4.31 Å². The van der Waals surface area contributed by atoms with E-state index in [0.29, 0.717) is 39.8 Å². The van der Waals surface area contributed by atoms with Crippen LogP contribution in [0.1, 0.15) is 49.8 Å². The van der Waals surface area contributed by atoms with Crippen LogP contribution in [0, 0.1) is 13.8 Å². The Kier molecular flexibility index (Phi) is 11.9. The molecule has 0 aliphatic heterocycles. The van der Waals surface area contributed by atoms with Crippen LogP contribution in [0.5, 0.6) is 0 Å². The second-order valence-electron chi connectivity index (χ2n) is 9.43. The van der Waals surface area contributed by atoms with Gasteiger partial charge in [0.15, 0.2) is 0 Å². The minimum absolute atomic E-state index is 0.0536. The topological polar surface area (TPSA) is 90.0 Å². The molecule has 0 aliphatic rings. The van der Waals surface area contributed by atoms with Crippen molar-refractivity contribution in [3.63, 3.8) is 0 Å². The molecular weight excluding hydrogens is 547 g/mol. The molecule has 0 spiro atoms. The molecule has 0 heterocycles. The third-order valence-corrected chi connectivity index (χ3v) is 8.75. The molecular formula is C27H38Cl2N4O4S. The average Bonchev–Trinajstić information content (AvgIpc) is 2.86. The zero-order chi connectivity index (χ0) is 28.6. The number of halogens is 2. The smallest absolute Gasteiger partial charge is 0.304 e. The van der Waals surface area contributed by atoms with E-state index >= 15 is 0 Å². The van der Waals surface area contributed by atoms with Gasteiger partial charge in [-0.05, 0) is 61.6 Å². The van der Waals surface area contributed by atoms with Crippen molar-refractivity contribution in [2.45, 2.75) is 59.5 Å². The van der Waals surface area contributed by atoms with Crippen LogP contribution in [0.3, 0.4) is 0 Å². The normalized spacial score (nSPS) is 12.3. The number of anilines is 1. The van der Waals surface area contributed by atoms with E-state index in [0.717, 1.165) is 27.0 Å². The maximum absolute atomic E-state index is 13.9. The largest absolute Gasteiger partial charge is 0.354 e. The molecule has 0 fully saturated rings. The molecule has 2 rings (SSSR count). The van der Waals surface area contributed by atoms with Gasteiger partial charge in [-0.15, -0.1) is 0 Å². The van der Waals surface area contributed by atoms with Crippen molar-refractivity contribution >= 4 is 50.9 Å². The zero-order valence-electron chi connectivity index (χ0n) is 22.9. The molecule has 8 nitrogen and oxygen atoms in total. The first-order valence-electron chi connectivity index (χ1n) is 12.6. The molecule has 2 aromatic rings. The lowest BCUT2D eigenvalue weighted by atomic mass is 10.1. The predicted molar refractivity (Wildman–Crippen MR) is 155 cm³/mol. The summed E-state index contributed by atoms with van der Waals surface area (Å²) in [5, 5.41) is 3.60. The lowest BCUT2D eigenvalue weighted by Crippen LogP contribution is -2.53. The lowest BCUT2D eigenvalue weighted by molar-refractivity contribution is -0.140. The van der Waals surface area contributed by atoms with Crippen LogP contribution in [0.25, 0.3) is 0 Å². The van der Waals surface area contributed by atoms with Gasteiger partial charge in [-0.2, -0.15) is 12.7 Å². The first-order chi connectivity index (χ1) is 17.8. The molecule has 0 aromatic heterocycles. The van der Waals surface area contributed by atoms with Crippen LogP contribution in [0.4, 0.5) is 5.69 Å². The summed E-state index contributed by atoms with van der Waals surface area (Å²) in [7, 11) is -1.20. The summed E-state index contributed by atoms with van der Waals surface area (Å²) >= 11 is 12.3. The molecule has 0 saturated heterocycles. The first kappa shape index (κ1) is 31.9. The Morgan fingerprint density at radius 1 is 1.00 bits per heavy atom. The summed E-state index contributed by atoms with van der Waals surface area (Å²) in [4.78, 5) is 28.5. The second-order valence-corrected chi connectivity index (χ2v) is 12.3. The van der Waals surface area contributed by atoms with Crippen LogP contribution < -0.4 is 9.62 Å². The van der Waals surface area contributed by atoms with E-state index in [1.165, 1.54) is 19.0 Å². The minimum Gasteiger partial charge on any atom is -0.354 e. The van der Waals surface area contributed by atoms with Crippen LogP contribution in [-0.4, -0.2) is 62.7 Å². The predicted octanol–water partition coefficient (Wildman–Crippen LogP) is 4.95. The maximum Gasteiger partial charge on any atom is 0.304 e. The van der Waals surface area contributed by atoms with Crippen molar-refractivity contribution < 1.29 is 18.0 Å². The van der Waals surface area contributed by atoms with Gasteiger partial charge in [-0.3, -0.25) is 9.59 Å². The molecule has 0 bridgehead atoms. The van der Waals surface area contributed by atoms with Gasteiger partial charge in [0.05, 0.1) is 15.7 Å². The Morgan fingerprint density at radius 2 is 1.68 bits per heavy atom. The minimum atomic E-state index is -4.04. The van der Waals surface area contributed by atoms with Crippen LogP contribution in [-0.2, 0) is 26.3 Å². The number of nitrogens with one attached hydrogen (secondary N) is 1. The van der Waals surface area contributed by atoms with E-state index in [9.17, 15) is 18.0 Å². The number of hydrogen-bond acceptors (Lipinski definition) is 4. The lowest BCUT2D eigenvalue weighted by Gasteiger charge is -2.34. The Labute approximate surface area is 237 Å². The summed E-state index contributed by atoms with van der Waals surface area (Å²) in [5.74, 6) is -0.803. The highest BCUT2D eigenvalue weighted by molar-refractivity contribution is 7.90. The molecule has 1 unspecified atom stereocenters. The number of nitrogens with zero attached hydrogens (tertiary/aromatic N) is 3. The first-order valence-corrected chi connectivity index (χ1v) is 14.8. The number of unbranched alkanes of at least 4 members (excludes halogenated alkanes) is 1. The number of rotatable bonds is 13. The molecule has 2 aromatic carbocycles. The monoisotopic (exact) mass is 584 g/mol. The van der Waals surface area contributed by atoms with Crippen molar-refractivity contribution in [2.75, 3.05) is 31.5 Å². The molecule has 1 atom stereocenters. The third-order valence-electron chi connectivity index (χ3n) is 6.20. The van der Waals surface area contributed by atoms with E-state index in [2.05, 4.69) is 5.32 Å². The van der Waals surface area contributed by atoms with Gasteiger partial charge in [-0.1, -0.05) is 61.7 Å². The van der Waals surface area contributed by atoms with E-state index in [1.54, 1.807) is 31.2 Å². The van der Waals surface area contributed by atoms with Crippen molar-refractivity contribution in [3.8, 4) is 0 Å². The Morgan fingerprint density at radius 3 is 2.26 bits per heavy atom. The van der Waals surface area contributed by atoms with E-state index in [1.807, 2.05) is 32.9 Å². The second kappa shape index (κ2) is 14.2. The van der Waals surface area contributed by atoms with Gasteiger partial charge in [0.2, 0.25) is 11.8 Å². The standard InChI is InChI=1S/C27H38Cl2N4O4S/c1-7-9-14-30-27(35)24(8-2)32(17-21-12-13-22(28)23(29)16-21)26(34)18-33(38(36,37)31(5)6)25-15-19(3)10-11-20(25)4/h10-13,15-16,24H,7-9,14,17-18H2,1-6H3,(H,30,35). The van der Waals surface area contributed by atoms with Gasteiger partial charge < -0.3 is 10.2 Å². The van der Waals surface area contributed by atoms with Crippen molar-refractivity contribution in [1.82, 2.24) is 14.5 Å². The molecule has 11 heteroatoms. The quantitative estimate of drug-likeness (QED) is 0.337. The fourth-order valence-electron chi connectivity index (χ4n) is 3.95. The van der Waals surface area contributed by atoms with Gasteiger partial charge in [0.25, 0.3) is 0 Å². The number of carbonyl (C=O) groups is 2. The molecule has 210 valence electrons. The SMILES string of the molecule is CCCCNC(=O)C(CC)N(Cc1ccc(Cl)c(Cl)c1)C(=O)CN(c1cc(C)ccc1C)S(=O)(=O)N(C)C. The molecule has 0 aliphatic carbocycles. The Hall–Kier alpha value is -2.33. The van der Waals surface area contributed by atoms with Crippen LogP contribution >= 0.6 is 23.2 Å². The summed E-state index contributed by atoms with van der Waals surface area (Å²) in [5.41, 5.74) is 2.63. The van der Waals surface area contributed by atoms with Gasteiger partial charge >= 0.3 is 10.2 Å². The highest BCUT2D eigenvalue weighted by Gasteiger charge is 2.34. The molecule has 0 radical (unpaired) electrons. The Bertz CT molecular complexity index is 1240. The summed E-state index contributed by atoms with van der Waals surface area (Å²) in [6, 6.07) is 9.63. The highest BCUT2D eigenvalue weighted by Crippen LogP contribution is 2.27. The van der Waals surface area contributed by atoms with Crippen molar-refractivity contribution in [2.24, 2.45) is 0 Å². The molecule has 0 saturated carbocycles. The number of hydrogen-bond donors (Lipinski definition) is 1. The zero-order valence-corrected chi connectivity index (χ0v) is 25.3. The van der Waals surface area contributed by atoms with Gasteiger partial charge in [0, 0.05) is 27.2 Å². The number of benzene rings is 2. The van der Waals surface area contributed by atoms with E-state index in [4.69, 9.17) is 23.2 Å². The number of carbonyl (C=O) groups excluding carboxylic acids is 2. The third kappa shape index (κ3) is 8.09. The maximum atomic E-state index is 13.9. The van der Waals surface area contributed by atoms with Crippen LogP contribution in [0.15, 0.2) is 36.4 Å². The van der Waals surface area contributed by atoms with E-state index < -0.39 is 28.7 Å². The number of aryl methyl sites for hydroxylation is 2. The molecule has 2 amide bonds. The Balaban J connectivity index is 2.54. The van der Waals surface area contributed by atoms with Crippen molar-refractivity contribution in [1.29, 1.82) is 0 Å². The summed E-state index contributed by atoms with van der Waals surface area (Å²) in [6.07, 6.45) is 2.06. The fraction of sp³-hybridized carbons (Fsp3) is 0.481. The summed E-state index contributed by atoms with van der Waals surface area (Å²) in [6.45, 7) is 7.55. The van der Waals surface area contributed by atoms with Crippen LogP contribution in [0.2, 0.25) is 10.0 Å². The average molecular weight is 586 g/mol. The van der Waals surface area contributed by atoms with Crippen molar-refractivity contribution in [3.05, 3.63) is 63.1 Å². The fourth-order valence-corrected chi connectivity index (χ4v) is 5.38. The molecule has 38 heavy (non-hydrogen) atoms. The van der Waals surface area contributed by atoms with Gasteiger partial charge in [0.1, 0.15) is 12.6 Å². The summed E-state index contributed by atoms with van der Waals surface area (Å²) < 4.78 is 29.0. The molecule has 1 N–H and O–H groups in total.